The van der Waals surface area contributed by atoms with E-state index in [1.54, 1.807) is 11.8 Å². The highest BCUT2D eigenvalue weighted by Gasteiger charge is 2.46. The Morgan fingerprint density at radius 1 is 1.21 bits per heavy atom. The van der Waals surface area contributed by atoms with Crippen LogP contribution in [0.15, 0.2) is 66.1 Å². The summed E-state index contributed by atoms with van der Waals surface area (Å²) in [6.07, 6.45) is 10.2. The Morgan fingerprint density at radius 3 is 2.75 bits per heavy atom. The van der Waals surface area contributed by atoms with Crippen LogP contribution in [0, 0.1) is 0 Å². The van der Waals surface area contributed by atoms with E-state index in [-0.39, 0.29) is 5.41 Å². The van der Waals surface area contributed by atoms with Gasteiger partial charge in [-0.25, -0.2) is 4.58 Å². The summed E-state index contributed by atoms with van der Waals surface area (Å²) in [6, 6.07) is 18.7. The molecule has 0 saturated carbocycles. The molecule has 1 saturated heterocycles. The van der Waals surface area contributed by atoms with Crippen molar-refractivity contribution in [2.45, 2.75) is 35.6 Å². The number of benzene rings is 2. The summed E-state index contributed by atoms with van der Waals surface area (Å²) in [5, 5.41) is 0. The molecule has 1 nitrogen and oxygen atoms in total. The second-order valence-corrected chi connectivity index (χ2v) is 7.68. The average molecular weight is 335 g/mol. The van der Waals surface area contributed by atoms with E-state index in [4.69, 9.17) is 0 Å². The second kappa shape index (κ2) is 6.25. The third-order valence-electron chi connectivity index (χ3n) is 5.55. The Balaban J connectivity index is 1.95. The van der Waals surface area contributed by atoms with Crippen molar-refractivity contribution in [3.63, 3.8) is 0 Å². The van der Waals surface area contributed by atoms with E-state index in [1.165, 1.54) is 41.0 Å². The molecule has 2 heterocycles. The lowest BCUT2D eigenvalue weighted by Gasteiger charge is -2.35. The van der Waals surface area contributed by atoms with Crippen LogP contribution in [0.2, 0.25) is 0 Å². The zero-order valence-electron chi connectivity index (χ0n) is 14.2. The first kappa shape index (κ1) is 15.7. The topological polar surface area (TPSA) is 3.01 Å². The number of hydrogen-bond acceptors (Lipinski definition) is 1. The molecule has 4 rings (SSSR count). The summed E-state index contributed by atoms with van der Waals surface area (Å²) < 4.78 is 2.58. The molecule has 0 radical (unpaired) electrons. The SMILES string of the molecule is C=CC[C@@]1(c2ccc(SC)cc2)C=[N+]2CCC[C@H]2c2ccccc21. The standard InChI is InChI=1S/C22H24NS/c1-3-14-22(17-10-12-18(24-2)13-11-17)16-23-15-6-9-21(23)19-7-4-5-8-20(19)22/h3-5,7-8,10-13,16,21H,1,6,9,14-15H2,2H3/q+1/t21-,22-/m0/s1. The van der Waals surface area contributed by atoms with Gasteiger partial charge >= 0.3 is 0 Å². The maximum Gasteiger partial charge on any atom is 0.178 e. The highest BCUT2D eigenvalue weighted by atomic mass is 32.2. The van der Waals surface area contributed by atoms with Crippen LogP contribution in [0.3, 0.4) is 0 Å². The van der Waals surface area contributed by atoms with Gasteiger partial charge in [0.15, 0.2) is 12.3 Å². The summed E-state index contributed by atoms with van der Waals surface area (Å²) in [5.74, 6) is 0. The molecule has 0 aliphatic carbocycles. The van der Waals surface area contributed by atoms with Gasteiger partial charge in [-0.2, -0.15) is 0 Å². The molecular formula is C22H24NS+. The van der Waals surface area contributed by atoms with E-state index in [2.05, 4.69) is 78.2 Å². The van der Waals surface area contributed by atoms with Crippen LogP contribution < -0.4 is 0 Å². The van der Waals surface area contributed by atoms with Crippen molar-refractivity contribution < 1.29 is 4.58 Å². The Hall–Kier alpha value is -1.80. The number of hydrogen-bond donors (Lipinski definition) is 0. The fraction of sp³-hybridized carbons (Fsp3) is 0.318. The fourth-order valence-electron chi connectivity index (χ4n) is 4.45. The zero-order valence-corrected chi connectivity index (χ0v) is 15.1. The van der Waals surface area contributed by atoms with Crippen molar-refractivity contribution >= 4 is 18.0 Å². The normalized spacial score (nSPS) is 24.9. The van der Waals surface area contributed by atoms with Crippen molar-refractivity contribution in [1.82, 2.24) is 0 Å². The predicted molar refractivity (Wildman–Crippen MR) is 103 cm³/mol. The molecule has 0 amide bonds. The Kier molecular flexibility index (Phi) is 4.09. The number of allylic oxidation sites excluding steroid dienone is 1. The van der Waals surface area contributed by atoms with Crippen LogP contribution >= 0.6 is 11.8 Å². The molecule has 0 spiro atoms. The third kappa shape index (κ3) is 2.36. The van der Waals surface area contributed by atoms with Crippen molar-refractivity contribution in [3.8, 4) is 0 Å². The lowest BCUT2D eigenvalue weighted by atomic mass is 9.69. The van der Waals surface area contributed by atoms with E-state index >= 15 is 0 Å². The van der Waals surface area contributed by atoms with Crippen molar-refractivity contribution in [2.75, 3.05) is 12.8 Å². The minimum atomic E-state index is -0.0872. The van der Waals surface area contributed by atoms with Gasteiger partial charge in [0, 0.05) is 23.3 Å². The largest absolute Gasteiger partial charge is 0.231 e. The third-order valence-corrected chi connectivity index (χ3v) is 6.30. The molecule has 0 N–H and O–H groups in total. The van der Waals surface area contributed by atoms with Gasteiger partial charge in [0.05, 0.1) is 0 Å². The van der Waals surface area contributed by atoms with E-state index in [1.807, 2.05) is 0 Å². The average Bonchev–Trinajstić information content (AvgIpc) is 3.10. The van der Waals surface area contributed by atoms with E-state index in [0.717, 1.165) is 6.42 Å². The molecule has 122 valence electrons. The Bertz CT molecular complexity index is 790. The molecular weight excluding hydrogens is 310 g/mol. The number of thioether (sulfide) groups is 1. The maximum atomic E-state index is 4.07. The van der Waals surface area contributed by atoms with Gasteiger partial charge < -0.3 is 0 Å². The van der Waals surface area contributed by atoms with E-state index < -0.39 is 0 Å². The highest BCUT2D eigenvalue weighted by molar-refractivity contribution is 7.98. The summed E-state index contributed by atoms with van der Waals surface area (Å²) >= 11 is 1.80. The van der Waals surface area contributed by atoms with E-state index in [0.29, 0.717) is 6.04 Å². The summed E-state index contributed by atoms with van der Waals surface area (Å²) in [5.41, 5.74) is 4.26. The second-order valence-electron chi connectivity index (χ2n) is 6.80. The summed E-state index contributed by atoms with van der Waals surface area (Å²) in [6.45, 7) is 5.24. The first-order chi connectivity index (χ1) is 11.8. The first-order valence-electron chi connectivity index (χ1n) is 8.75. The Labute approximate surface area is 149 Å². The minimum Gasteiger partial charge on any atom is -0.231 e. The lowest BCUT2D eigenvalue weighted by Crippen LogP contribution is -2.39. The summed E-state index contributed by atoms with van der Waals surface area (Å²) in [7, 11) is 0. The van der Waals surface area contributed by atoms with Gasteiger partial charge in [-0.3, -0.25) is 0 Å². The van der Waals surface area contributed by atoms with Gasteiger partial charge in [-0.05, 0) is 35.9 Å². The smallest absolute Gasteiger partial charge is 0.178 e. The van der Waals surface area contributed by atoms with Gasteiger partial charge in [-0.1, -0.05) is 42.5 Å². The molecule has 2 aliphatic rings. The fourth-order valence-corrected chi connectivity index (χ4v) is 4.86. The number of fused-ring (bicyclic) bond motifs is 3. The van der Waals surface area contributed by atoms with Crippen LogP contribution in [0.1, 0.15) is 42.0 Å². The molecule has 0 unspecified atom stereocenters. The lowest BCUT2D eigenvalue weighted by molar-refractivity contribution is -0.550. The minimum absolute atomic E-state index is 0.0872. The molecule has 0 aromatic heterocycles. The van der Waals surface area contributed by atoms with Crippen molar-refractivity contribution in [3.05, 3.63) is 77.9 Å². The Morgan fingerprint density at radius 2 is 2.00 bits per heavy atom. The molecule has 1 fully saturated rings. The number of nitrogens with zero attached hydrogens (tertiary/aromatic N) is 1. The van der Waals surface area contributed by atoms with Crippen LogP contribution in [0.25, 0.3) is 0 Å². The van der Waals surface area contributed by atoms with Gasteiger partial charge in [-0.15, -0.1) is 18.3 Å². The van der Waals surface area contributed by atoms with Crippen LogP contribution in [0.5, 0.6) is 0 Å². The highest BCUT2D eigenvalue weighted by Crippen LogP contribution is 2.45. The molecule has 2 heteroatoms. The molecule has 2 aliphatic heterocycles. The number of rotatable bonds is 4. The monoisotopic (exact) mass is 334 g/mol. The molecule has 2 aromatic rings. The van der Waals surface area contributed by atoms with Gasteiger partial charge in [0.2, 0.25) is 0 Å². The van der Waals surface area contributed by atoms with Crippen molar-refractivity contribution in [2.24, 2.45) is 0 Å². The zero-order chi connectivity index (χ0) is 16.6. The van der Waals surface area contributed by atoms with Crippen molar-refractivity contribution in [1.29, 1.82) is 0 Å². The molecule has 2 aromatic carbocycles. The maximum absolute atomic E-state index is 4.07. The van der Waals surface area contributed by atoms with E-state index in [9.17, 15) is 0 Å². The van der Waals surface area contributed by atoms with Crippen LogP contribution in [-0.2, 0) is 5.41 Å². The summed E-state index contributed by atoms with van der Waals surface area (Å²) in [4.78, 5) is 1.32. The van der Waals surface area contributed by atoms with Gasteiger partial charge in [0.25, 0.3) is 0 Å². The van der Waals surface area contributed by atoms with Crippen LogP contribution in [0.4, 0.5) is 0 Å². The first-order valence-corrected chi connectivity index (χ1v) is 9.97. The van der Waals surface area contributed by atoms with Gasteiger partial charge in [0.1, 0.15) is 12.0 Å². The molecule has 0 bridgehead atoms. The van der Waals surface area contributed by atoms with Crippen LogP contribution in [-0.4, -0.2) is 23.6 Å². The quantitative estimate of drug-likeness (QED) is 0.422. The predicted octanol–water partition coefficient (Wildman–Crippen LogP) is 5.20. The molecule has 2 atom stereocenters. The molecule has 24 heavy (non-hydrogen) atoms.